The minimum Gasteiger partial charge on any atom is -0.508 e. The van der Waals surface area contributed by atoms with E-state index in [1.807, 2.05) is 18.2 Å². The van der Waals surface area contributed by atoms with E-state index in [4.69, 9.17) is 5.73 Å². The summed E-state index contributed by atoms with van der Waals surface area (Å²) < 4.78 is 0. The third-order valence-corrected chi connectivity index (χ3v) is 4.84. The van der Waals surface area contributed by atoms with Gasteiger partial charge in [0.25, 0.3) is 0 Å². The normalized spacial score (nSPS) is 24.5. The summed E-state index contributed by atoms with van der Waals surface area (Å²) in [6.45, 7) is 7.24. The standard InChI is InChI=1S/C19H26N2O/c1-13-9-14(2)12-21(11-13)17(10-20)19-16-6-4-3-5-15(16)7-8-18(19)22/h3-8,13-14,17,22H,9-12,20H2,1-2H3. The minimum absolute atomic E-state index is 0.0799. The summed E-state index contributed by atoms with van der Waals surface area (Å²) in [5.41, 5.74) is 7.12. The smallest absolute Gasteiger partial charge is 0.121 e. The van der Waals surface area contributed by atoms with E-state index in [9.17, 15) is 5.11 Å². The quantitative estimate of drug-likeness (QED) is 0.911. The van der Waals surface area contributed by atoms with Crippen molar-refractivity contribution in [1.82, 2.24) is 4.90 Å². The number of hydrogen-bond acceptors (Lipinski definition) is 3. The molecule has 3 nitrogen and oxygen atoms in total. The number of hydrogen-bond donors (Lipinski definition) is 2. The fourth-order valence-electron chi connectivity index (χ4n) is 4.05. The highest BCUT2D eigenvalue weighted by molar-refractivity contribution is 5.88. The topological polar surface area (TPSA) is 49.5 Å². The van der Waals surface area contributed by atoms with E-state index in [1.165, 1.54) is 6.42 Å². The van der Waals surface area contributed by atoms with Crippen LogP contribution in [0.2, 0.25) is 0 Å². The maximum Gasteiger partial charge on any atom is 0.121 e. The average Bonchev–Trinajstić information content (AvgIpc) is 2.49. The van der Waals surface area contributed by atoms with Crippen molar-refractivity contribution in [3.05, 3.63) is 42.0 Å². The summed E-state index contributed by atoms with van der Waals surface area (Å²) >= 11 is 0. The van der Waals surface area contributed by atoms with Crippen LogP contribution >= 0.6 is 0 Å². The molecule has 3 heteroatoms. The lowest BCUT2D eigenvalue weighted by molar-refractivity contribution is 0.0978. The number of rotatable bonds is 3. The fraction of sp³-hybridized carbons (Fsp3) is 0.474. The van der Waals surface area contributed by atoms with Crippen LogP contribution in [0.5, 0.6) is 5.75 Å². The van der Waals surface area contributed by atoms with Crippen molar-refractivity contribution in [1.29, 1.82) is 0 Å². The Morgan fingerprint density at radius 3 is 2.50 bits per heavy atom. The lowest BCUT2D eigenvalue weighted by Gasteiger charge is -2.40. The second kappa shape index (κ2) is 6.27. The summed E-state index contributed by atoms with van der Waals surface area (Å²) in [5.74, 6) is 1.71. The van der Waals surface area contributed by atoms with Gasteiger partial charge in [-0.2, -0.15) is 0 Å². The SMILES string of the molecule is CC1CC(C)CN(C(CN)c2c(O)ccc3ccccc23)C1. The van der Waals surface area contributed by atoms with E-state index in [2.05, 4.69) is 30.9 Å². The monoisotopic (exact) mass is 298 g/mol. The van der Waals surface area contributed by atoms with Crippen molar-refractivity contribution < 1.29 is 5.11 Å². The lowest BCUT2D eigenvalue weighted by atomic mass is 9.88. The van der Waals surface area contributed by atoms with Gasteiger partial charge in [-0.3, -0.25) is 4.90 Å². The third-order valence-electron chi connectivity index (χ3n) is 4.84. The lowest BCUT2D eigenvalue weighted by Crippen LogP contribution is -2.43. The average molecular weight is 298 g/mol. The first-order valence-corrected chi connectivity index (χ1v) is 8.25. The first-order chi connectivity index (χ1) is 10.6. The molecule has 0 spiro atoms. The number of phenols is 1. The van der Waals surface area contributed by atoms with Gasteiger partial charge >= 0.3 is 0 Å². The Morgan fingerprint density at radius 2 is 1.82 bits per heavy atom. The molecule has 1 aliphatic heterocycles. The molecule has 3 rings (SSSR count). The van der Waals surface area contributed by atoms with Gasteiger partial charge in [-0.25, -0.2) is 0 Å². The van der Waals surface area contributed by atoms with Crippen LogP contribution in [-0.2, 0) is 0 Å². The number of nitrogens with two attached hydrogens (primary N) is 1. The van der Waals surface area contributed by atoms with E-state index in [0.717, 1.165) is 29.4 Å². The third kappa shape index (κ3) is 2.83. The molecule has 1 fully saturated rings. The molecule has 1 heterocycles. The van der Waals surface area contributed by atoms with Gasteiger partial charge < -0.3 is 10.8 Å². The number of likely N-dealkylation sites (tertiary alicyclic amines) is 1. The van der Waals surface area contributed by atoms with Gasteiger partial charge in [-0.1, -0.05) is 44.2 Å². The van der Waals surface area contributed by atoms with Crippen LogP contribution in [0.4, 0.5) is 0 Å². The molecule has 1 aliphatic rings. The highest BCUT2D eigenvalue weighted by atomic mass is 16.3. The van der Waals surface area contributed by atoms with Crippen molar-refractivity contribution >= 4 is 10.8 Å². The molecular formula is C19H26N2O. The molecule has 0 saturated carbocycles. The summed E-state index contributed by atoms with van der Waals surface area (Å²) in [5, 5.41) is 12.8. The van der Waals surface area contributed by atoms with Gasteiger partial charge in [-0.05, 0) is 35.1 Å². The number of aromatic hydroxyl groups is 1. The number of nitrogens with zero attached hydrogens (tertiary/aromatic N) is 1. The van der Waals surface area contributed by atoms with Crippen molar-refractivity contribution in [3.8, 4) is 5.75 Å². The van der Waals surface area contributed by atoms with Gasteiger partial charge in [0.15, 0.2) is 0 Å². The molecule has 22 heavy (non-hydrogen) atoms. The first-order valence-electron chi connectivity index (χ1n) is 8.25. The van der Waals surface area contributed by atoms with Gasteiger partial charge in [-0.15, -0.1) is 0 Å². The van der Waals surface area contributed by atoms with Gasteiger partial charge in [0.05, 0.1) is 6.04 Å². The van der Waals surface area contributed by atoms with Crippen LogP contribution in [0.3, 0.4) is 0 Å². The first kappa shape index (κ1) is 15.3. The molecule has 118 valence electrons. The van der Waals surface area contributed by atoms with Crippen LogP contribution in [0.15, 0.2) is 36.4 Å². The van der Waals surface area contributed by atoms with E-state index < -0.39 is 0 Å². The van der Waals surface area contributed by atoms with E-state index >= 15 is 0 Å². The molecule has 3 unspecified atom stereocenters. The molecule has 3 atom stereocenters. The molecule has 3 N–H and O–H groups in total. The summed E-state index contributed by atoms with van der Waals surface area (Å²) in [7, 11) is 0. The second-order valence-electron chi connectivity index (χ2n) is 6.87. The summed E-state index contributed by atoms with van der Waals surface area (Å²) in [6.07, 6.45) is 1.27. The van der Waals surface area contributed by atoms with Crippen LogP contribution in [0.25, 0.3) is 10.8 Å². The molecule has 0 aliphatic carbocycles. The Kier molecular flexibility index (Phi) is 4.37. The second-order valence-corrected chi connectivity index (χ2v) is 6.87. The zero-order valence-corrected chi connectivity index (χ0v) is 13.5. The van der Waals surface area contributed by atoms with Crippen LogP contribution in [0.1, 0.15) is 31.9 Å². The van der Waals surface area contributed by atoms with Crippen LogP contribution in [-0.4, -0.2) is 29.6 Å². The zero-order chi connectivity index (χ0) is 15.7. The molecular weight excluding hydrogens is 272 g/mol. The molecule has 1 saturated heterocycles. The predicted octanol–water partition coefficient (Wildman–Crippen LogP) is 3.52. The molecule has 0 amide bonds. The fourth-order valence-corrected chi connectivity index (χ4v) is 4.05. The van der Waals surface area contributed by atoms with Crippen LogP contribution in [0, 0.1) is 11.8 Å². The van der Waals surface area contributed by atoms with Crippen molar-refractivity contribution in [2.45, 2.75) is 26.3 Å². The van der Waals surface area contributed by atoms with Gasteiger partial charge in [0.1, 0.15) is 5.75 Å². The van der Waals surface area contributed by atoms with Gasteiger partial charge in [0, 0.05) is 25.2 Å². The number of benzene rings is 2. The van der Waals surface area contributed by atoms with Crippen molar-refractivity contribution in [3.63, 3.8) is 0 Å². The van der Waals surface area contributed by atoms with E-state index in [-0.39, 0.29) is 6.04 Å². The maximum absolute atomic E-state index is 10.5. The molecule has 2 aromatic rings. The predicted molar refractivity (Wildman–Crippen MR) is 91.9 cm³/mol. The van der Waals surface area contributed by atoms with Gasteiger partial charge in [0.2, 0.25) is 0 Å². The molecule has 2 aromatic carbocycles. The minimum atomic E-state index is 0.0799. The van der Waals surface area contributed by atoms with Crippen molar-refractivity contribution in [2.24, 2.45) is 17.6 Å². The number of phenolic OH excluding ortho intramolecular Hbond substituents is 1. The maximum atomic E-state index is 10.5. The largest absolute Gasteiger partial charge is 0.508 e. The van der Waals surface area contributed by atoms with E-state index in [1.54, 1.807) is 6.07 Å². The Hall–Kier alpha value is -1.58. The highest BCUT2D eigenvalue weighted by Gasteiger charge is 2.29. The zero-order valence-electron chi connectivity index (χ0n) is 13.5. The van der Waals surface area contributed by atoms with Crippen LogP contribution < -0.4 is 5.73 Å². The van der Waals surface area contributed by atoms with E-state index in [0.29, 0.717) is 24.1 Å². The van der Waals surface area contributed by atoms with Crippen molar-refractivity contribution in [2.75, 3.05) is 19.6 Å². The molecule has 0 radical (unpaired) electrons. The summed E-state index contributed by atoms with van der Waals surface area (Å²) in [4.78, 5) is 2.46. The molecule has 0 aromatic heterocycles. The number of fused-ring (bicyclic) bond motifs is 1. The molecule has 0 bridgehead atoms. The highest BCUT2D eigenvalue weighted by Crippen LogP contribution is 2.37. The summed E-state index contributed by atoms with van der Waals surface area (Å²) in [6, 6.07) is 12.1. The number of piperidine rings is 1. The Bertz CT molecular complexity index is 645. The Morgan fingerprint density at radius 1 is 1.14 bits per heavy atom. The Balaban J connectivity index is 2.05. The Labute approximate surface area is 132 Å².